The van der Waals surface area contributed by atoms with Crippen LogP contribution in [0, 0.1) is 5.82 Å². The standard InChI is InChI=1S/C14H12FN5OS/c15-11-5-3-10(4-6-11)8-16-13(21)9-20-18-14(17-19-20)12-2-1-7-22-12/h1-7H,8-9H2,(H,16,21). The first kappa shape index (κ1) is 14.3. The van der Waals surface area contributed by atoms with Gasteiger partial charge in [0.2, 0.25) is 11.7 Å². The number of carbonyl (C=O) groups is 1. The molecule has 0 aliphatic carbocycles. The molecule has 1 aromatic carbocycles. The largest absolute Gasteiger partial charge is 0.350 e. The fraction of sp³-hybridized carbons (Fsp3) is 0.143. The van der Waals surface area contributed by atoms with Crippen molar-refractivity contribution in [2.45, 2.75) is 13.1 Å². The van der Waals surface area contributed by atoms with Gasteiger partial charge in [0.05, 0.1) is 4.88 Å². The molecule has 2 heterocycles. The summed E-state index contributed by atoms with van der Waals surface area (Å²) in [5.74, 6) is -0.0382. The van der Waals surface area contributed by atoms with Crippen LogP contribution >= 0.6 is 11.3 Å². The van der Waals surface area contributed by atoms with Crippen molar-refractivity contribution in [2.24, 2.45) is 0 Å². The Bertz CT molecular complexity index is 754. The molecule has 3 aromatic rings. The maximum absolute atomic E-state index is 12.8. The highest BCUT2D eigenvalue weighted by atomic mass is 32.1. The molecule has 6 nitrogen and oxygen atoms in total. The third-order valence-corrected chi connectivity index (χ3v) is 3.75. The molecule has 0 bridgehead atoms. The van der Waals surface area contributed by atoms with Crippen LogP contribution in [0.25, 0.3) is 10.7 Å². The van der Waals surface area contributed by atoms with Gasteiger partial charge in [0, 0.05) is 6.54 Å². The van der Waals surface area contributed by atoms with Gasteiger partial charge in [0.25, 0.3) is 0 Å². The second-order valence-electron chi connectivity index (χ2n) is 4.52. The number of rotatable bonds is 5. The molecule has 0 spiro atoms. The highest BCUT2D eigenvalue weighted by Crippen LogP contribution is 2.19. The van der Waals surface area contributed by atoms with Gasteiger partial charge in [-0.2, -0.15) is 4.80 Å². The predicted molar refractivity (Wildman–Crippen MR) is 79.4 cm³/mol. The Kier molecular flexibility index (Phi) is 4.19. The summed E-state index contributed by atoms with van der Waals surface area (Å²) < 4.78 is 12.8. The Labute approximate surface area is 129 Å². The van der Waals surface area contributed by atoms with Crippen LogP contribution in [-0.4, -0.2) is 26.1 Å². The minimum Gasteiger partial charge on any atom is -0.350 e. The summed E-state index contributed by atoms with van der Waals surface area (Å²) >= 11 is 1.51. The Morgan fingerprint density at radius 2 is 2.09 bits per heavy atom. The molecule has 0 saturated carbocycles. The number of thiophene rings is 1. The fourth-order valence-electron chi connectivity index (χ4n) is 1.80. The predicted octanol–water partition coefficient (Wildman–Crippen LogP) is 1.86. The number of halogens is 1. The van der Waals surface area contributed by atoms with Crippen LogP contribution in [-0.2, 0) is 17.9 Å². The van der Waals surface area contributed by atoms with Crippen LogP contribution < -0.4 is 5.32 Å². The van der Waals surface area contributed by atoms with E-state index < -0.39 is 0 Å². The van der Waals surface area contributed by atoms with Crippen LogP contribution in [0.5, 0.6) is 0 Å². The van der Waals surface area contributed by atoms with Crippen molar-refractivity contribution in [1.82, 2.24) is 25.5 Å². The molecule has 2 aromatic heterocycles. The van der Waals surface area contributed by atoms with Crippen LogP contribution in [0.4, 0.5) is 4.39 Å². The Morgan fingerprint density at radius 1 is 1.27 bits per heavy atom. The molecule has 1 N–H and O–H groups in total. The summed E-state index contributed by atoms with van der Waals surface area (Å²) in [5, 5.41) is 16.6. The molecule has 0 fully saturated rings. The Hall–Kier alpha value is -2.61. The zero-order valence-corrected chi connectivity index (χ0v) is 12.3. The van der Waals surface area contributed by atoms with Gasteiger partial charge >= 0.3 is 0 Å². The monoisotopic (exact) mass is 317 g/mol. The van der Waals surface area contributed by atoms with E-state index in [0.29, 0.717) is 12.4 Å². The zero-order chi connectivity index (χ0) is 15.4. The van der Waals surface area contributed by atoms with Crippen molar-refractivity contribution < 1.29 is 9.18 Å². The summed E-state index contributed by atoms with van der Waals surface area (Å²) in [4.78, 5) is 14.0. The van der Waals surface area contributed by atoms with E-state index in [4.69, 9.17) is 0 Å². The number of benzene rings is 1. The molecule has 0 saturated heterocycles. The van der Waals surface area contributed by atoms with Crippen LogP contribution in [0.2, 0.25) is 0 Å². The summed E-state index contributed by atoms with van der Waals surface area (Å²) in [6.45, 7) is 0.311. The first-order chi connectivity index (χ1) is 10.7. The van der Waals surface area contributed by atoms with Gasteiger partial charge in [-0.1, -0.05) is 18.2 Å². The third kappa shape index (κ3) is 3.53. The summed E-state index contributed by atoms with van der Waals surface area (Å²) in [7, 11) is 0. The number of carbonyl (C=O) groups excluding carboxylic acids is 1. The number of hydrogen-bond donors (Lipinski definition) is 1. The van der Waals surface area contributed by atoms with Gasteiger partial charge in [0.15, 0.2) is 0 Å². The minimum absolute atomic E-state index is 0.0143. The molecule has 0 aliphatic rings. The fourth-order valence-corrected chi connectivity index (χ4v) is 2.45. The second-order valence-corrected chi connectivity index (χ2v) is 5.47. The number of nitrogens with one attached hydrogen (secondary N) is 1. The molecular formula is C14H12FN5OS. The number of nitrogens with zero attached hydrogens (tertiary/aromatic N) is 4. The lowest BCUT2D eigenvalue weighted by molar-refractivity contribution is -0.122. The van der Waals surface area contributed by atoms with Gasteiger partial charge in [-0.15, -0.1) is 21.5 Å². The number of tetrazole rings is 1. The molecule has 8 heteroatoms. The SMILES string of the molecule is O=C(Cn1nnc(-c2cccs2)n1)NCc1ccc(F)cc1. The van der Waals surface area contributed by atoms with Crippen molar-refractivity contribution in [2.75, 3.05) is 0 Å². The number of hydrogen-bond acceptors (Lipinski definition) is 5. The third-order valence-electron chi connectivity index (χ3n) is 2.88. The molecule has 0 unspecified atom stereocenters. The maximum Gasteiger partial charge on any atom is 0.243 e. The highest BCUT2D eigenvalue weighted by Gasteiger charge is 2.09. The van der Waals surface area contributed by atoms with Gasteiger partial charge in [-0.25, -0.2) is 4.39 Å². The normalized spacial score (nSPS) is 10.6. The van der Waals surface area contributed by atoms with Gasteiger partial charge in [-0.3, -0.25) is 4.79 Å². The smallest absolute Gasteiger partial charge is 0.243 e. The van der Waals surface area contributed by atoms with E-state index in [1.165, 1.54) is 28.3 Å². The summed E-state index contributed by atoms with van der Waals surface area (Å²) in [6, 6.07) is 9.74. The van der Waals surface area contributed by atoms with Crippen molar-refractivity contribution in [1.29, 1.82) is 0 Å². The minimum atomic E-state index is -0.303. The lowest BCUT2D eigenvalue weighted by atomic mass is 10.2. The van der Waals surface area contributed by atoms with E-state index in [0.717, 1.165) is 10.4 Å². The Morgan fingerprint density at radius 3 is 2.82 bits per heavy atom. The van der Waals surface area contributed by atoms with Crippen LogP contribution in [0.15, 0.2) is 41.8 Å². The lowest BCUT2D eigenvalue weighted by Crippen LogP contribution is -2.28. The van der Waals surface area contributed by atoms with Crippen molar-refractivity contribution >= 4 is 17.2 Å². The molecular weight excluding hydrogens is 305 g/mol. The van der Waals surface area contributed by atoms with E-state index in [-0.39, 0.29) is 18.3 Å². The topological polar surface area (TPSA) is 72.7 Å². The highest BCUT2D eigenvalue weighted by molar-refractivity contribution is 7.13. The maximum atomic E-state index is 12.8. The molecule has 1 amide bonds. The summed E-state index contributed by atoms with van der Waals surface area (Å²) in [6.07, 6.45) is 0. The quantitative estimate of drug-likeness (QED) is 0.779. The van der Waals surface area contributed by atoms with E-state index in [2.05, 4.69) is 20.7 Å². The van der Waals surface area contributed by atoms with Crippen LogP contribution in [0.1, 0.15) is 5.56 Å². The lowest BCUT2D eigenvalue weighted by Gasteiger charge is -2.04. The molecule has 112 valence electrons. The molecule has 0 atom stereocenters. The number of aromatic nitrogens is 4. The van der Waals surface area contributed by atoms with E-state index >= 15 is 0 Å². The second kappa shape index (κ2) is 6.44. The van der Waals surface area contributed by atoms with Crippen molar-refractivity contribution in [3.63, 3.8) is 0 Å². The van der Waals surface area contributed by atoms with Gasteiger partial charge in [0.1, 0.15) is 12.4 Å². The average molecular weight is 317 g/mol. The van der Waals surface area contributed by atoms with E-state index in [1.54, 1.807) is 12.1 Å². The summed E-state index contributed by atoms with van der Waals surface area (Å²) in [5.41, 5.74) is 0.820. The van der Waals surface area contributed by atoms with E-state index in [9.17, 15) is 9.18 Å². The zero-order valence-electron chi connectivity index (χ0n) is 11.4. The van der Waals surface area contributed by atoms with E-state index in [1.807, 2.05) is 17.5 Å². The van der Waals surface area contributed by atoms with Gasteiger partial charge in [-0.05, 0) is 34.4 Å². The van der Waals surface area contributed by atoms with Crippen molar-refractivity contribution in [3.8, 4) is 10.7 Å². The van der Waals surface area contributed by atoms with Crippen molar-refractivity contribution in [3.05, 3.63) is 53.2 Å². The average Bonchev–Trinajstić information content (AvgIpc) is 3.17. The number of amides is 1. The molecule has 0 radical (unpaired) electrons. The first-order valence-corrected chi connectivity index (χ1v) is 7.41. The first-order valence-electron chi connectivity index (χ1n) is 6.53. The van der Waals surface area contributed by atoms with Crippen LogP contribution in [0.3, 0.4) is 0 Å². The molecule has 3 rings (SSSR count). The molecule has 22 heavy (non-hydrogen) atoms. The molecule has 0 aliphatic heterocycles. The Balaban J connectivity index is 1.54. The van der Waals surface area contributed by atoms with Gasteiger partial charge < -0.3 is 5.32 Å².